The lowest BCUT2D eigenvalue weighted by molar-refractivity contribution is 0.103. The minimum absolute atomic E-state index is 0.0194. The van der Waals surface area contributed by atoms with Crippen LogP contribution >= 0.6 is 0 Å². The number of rotatable bonds is 8. The summed E-state index contributed by atoms with van der Waals surface area (Å²) in [7, 11) is -3.38. The lowest BCUT2D eigenvalue weighted by Crippen LogP contribution is -2.15. The second-order valence-corrected chi connectivity index (χ2v) is 6.76. The fourth-order valence-electron chi connectivity index (χ4n) is 1.75. The van der Waals surface area contributed by atoms with Crippen LogP contribution in [0.4, 0.5) is 4.39 Å². The largest absolute Gasteiger partial charge is 0.444 e. The van der Waals surface area contributed by atoms with Gasteiger partial charge < -0.3 is 14.3 Å². The molecule has 1 N–H and O–H groups in total. The van der Waals surface area contributed by atoms with Crippen molar-refractivity contribution in [1.29, 1.82) is 0 Å². The predicted octanol–water partition coefficient (Wildman–Crippen LogP) is 1.40. The number of nitrogens with zero attached hydrogens (tertiary/aromatic N) is 1. The number of benzene rings is 1. The van der Waals surface area contributed by atoms with E-state index in [1.54, 1.807) is 0 Å². The highest BCUT2D eigenvalue weighted by molar-refractivity contribution is 7.90. The normalized spacial score (nSPS) is 11.7. The van der Waals surface area contributed by atoms with Crippen molar-refractivity contribution in [2.75, 3.05) is 25.6 Å². The Hall–Kier alpha value is -1.77. The van der Waals surface area contributed by atoms with E-state index in [0.717, 1.165) is 0 Å². The van der Waals surface area contributed by atoms with Crippen LogP contribution in [0.25, 0.3) is 11.5 Å². The molecule has 2 aromatic rings. The van der Waals surface area contributed by atoms with E-state index >= 15 is 0 Å². The zero-order chi connectivity index (χ0) is 16.0. The maximum absolute atomic E-state index is 12.8. The lowest BCUT2D eigenvalue weighted by atomic mass is 10.2. The van der Waals surface area contributed by atoms with Crippen LogP contribution < -0.4 is 0 Å². The standard InChI is InChI=1S/C14H16FNO5S/c15-12-3-1-11(2-4-12)14-16-13(9-21-14)10-22(18,19)8-7-20-6-5-17/h1-4,9,17H,5-8,10H2. The van der Waals surface area contributed by atoms with Crippen molar-refractivity contribution in [2.45, 2.75) is 5.75 Å². The number of halogens is 1. The molecule has 120 valence electrons. The Balaban J connectivity index is 1.98. The maximum atomic E-state index is 12.8. The van der Waals surface area contributed by atoms with Crippen LogP contribution in [-0.4, -0.2) is 44.1 Å². The van der Waals surface area contributed by atoms with Crippen molar-refractivity contribution < 1.29 is 27.1 Å². The summed E-state index contributed by atoms with van der Waals surface area (Å²) in [4.78, 5) is 4.09. The molecule has 0 amide bonds. The molecule has 0 radical (unpaired) electrons. The molecule has 0 aliphatic heterocycles. The molecule has 2 rings (SSSR count). The molecule has 0 spiro atoms. The van der Waals surface area contributed by atoms with E-state index in [9.17, 15) is 12.8 Å². The molecule has 1 heterocycles. The lowest BCUT2D eigenvalue weighted by Gasteiger charge is -2.02. The molecule has 0 atom stereocenters. The van der Waals surface area contributed by atoms with E-state index in [1.807, 2.05) is 0 Å². The van der Waals surface area contributed by atoms with Gasteiger partial charge in [-0.2, -0.15) is 0 Å². The Bertz CT molecular complexity index is 696. The predicted molar refractivity (Wildman–Crippen MR) is 77.3 cm³/mol. The van der Waals surface area contributed by atoms with Crippen LogP contribution in [0.15, 0.2) is 34.9 Å². The number of hydrogen-bond acceptors (Lipinski definition) is 6. The van der Waals surface area contributed by atoms with Gasteiger partial charge in [0.2, 0.25) is 5.89 Å². The Kier molecular flexibility index (Phi) is 5.64. The van der Waals surface area contributed by atoms with Gasteiger partial charge in [-0.15, -0.1) is 0 Å². The molecule has 0 aliphatic carbocycles. The van der Waals surface area contributed by atoms with Crippen molar-refractivity contribution in [3.8, 4) is 11.5 Å². The van der Waals surface area contributed by atoms with E-state index in [2.05, 4.69) is 4.98 Å². The number of ether oxygens (including phenoxy) is 1. The van der Waals surface area contributed by atoms with Gasteiger partial charge >= 0.3 is 0 Å². The number of sulfone groups is 1. The fourth-order valence-corrected chi connectivity index (χ4v) is 2.85. The van der Waals surface area contributed by atoms with Gasteiger partial charge in [-0.1, -0.05) is 0 Å². The monoisotopic (exact) mass is 329 g/mol. The van der Waals surface area contributed by atoms with Crippen LogP contribution in [0.1, 0.15) is 5.69 Å². The third-order valence-corrected chi connectivity index (χ3v) is 4.31. The van der Waals surface area contributed by atoms with Gasteiger partial charge in [-0.25, -0.2) is 17.8 Å². The molecule has 0 aliphatic rings. The summed E-state index contributed by atoms with van der Waals surface area (Å²) >= 11 is 0. The van der Waals surface area contributed by atoms with Gasteiger partial charge in [0.1, 0.15) is 12.1 Å². The molecule has 0 unspecified atom stereocenters. The minimum Gasteiger partial charge on any atom is -0.444 e. The molecule has 8 heteroatoms. The molecule has 6 nitrogen and oxygen atoms in total. The molecular weight excluding hydrogens is 313 g/mol. The average molecular weight is 329 g/mol. The molecule has 22 heavy (non-hydrogen) atoms. The number of aliphatic hydroxyl groups excluding tert-OH is 1. The van der Waals surface area contributed by atoms with E-state index in [-0.39, 0.29) is 48.7 Å². The number of aromatic nitrogens is 1. The maximum Gasteiger partial charge on any atom is 0.226 e. The second-order valence-electron chi connectivity index (χ2n) is 4.58. The third kappa shape index (κ3) is 4.90. The fraction of sp³-hybridized carbons (Fsp3) is 0.357. The first kappa shape index (κ1) is 16.6. The van der Waals surface area contributed by atoms with Crippen molar-refractivity contribution in [3.05, 3.63) is 42.0 Å². The Morgan fingerprint density at radius 3 is 2.64 bits per heavy atom. The van der Waals surface area contributed by atoms with E-state index < -0.39 is 9.84 Å². The Morgan fingerprint density at radius 2 is 1.95 bits per heavy atom. The molecule has 0 bridgehead atoms. The molecular formula is C14H16FNO5S. The Labute approximate surface area is 127 Å². The van der Waals surface area contributed by atoms with Crippen LogP contribution in [0.3, 0.4) is 0 Å². The summed E-state index contributed by atoms with van der Waals surface area (Å²) in [6, 6.07) is 5.55. The van der Waals surface area contributed by atoms with Gasteiger partial charge in [0.25, 0.3) is 0 Å². The van der Waals surface area contributed by atoms with Gasteiger partial charge in [-0.3, -0.25) is 0 Å². The quantitative estimate of drug-likeness (QED) is 0.737. The summed E-state index contributed by atoms with van der Waals surface area (Å²) in [6.07, 6.45) is 1.27. The first-order valence-electron chi connectivity index (χ1n) is 6.59. The number of aliphatic hydroxyl groups is 1. The minimum atomic E-state index is -3.38. The van der Waals surface area contributed by atoms with E-state index in [4.69, 9.17) is 14.3 Å². The third-order valence-electron chi connectivity index (χ3n) is 2.79. The molecule has 0 fully saturated rings. The first-order chi connectivity index (χ1) is 10.5. The average Bonchev–Trinajstić information content (AvgIpc) is 2.92. The highest BCUT2D eigenvalue weighted by atomic mass is 32.2. The van der Waals surface area contributed by atoms with Gasteiger partial charge in [-0.05, 0) is 24.3 Å². The topological polar surface area (TPSA) is 89.6 Å². The van der Waals surface area contributed by atoms with E-state index in [0.29, 0.717) is 5.56 Å². The van der Waals surface area contributed by atoms with Crippen LogP contribution in [0.2, 0.25) is 0 Å². The summed E-state index contributed by atoms with van der Waals surface area (Å²) in [5, 5.41) is 8.54. The first-order valence-corrected chi connectivity index (χ1v) is 8.42. The van der Waals surface area contributed by atoms with Crippen LogP contribution in [-0.2, 0) is 20.3 Å². The smallest absolute Gasteiger partial charge is 0.226 e. The van der Waals surface area contributed by atoms with Crippen LogP contribution in [0, 0.1) is 5.82 Å². The van der Waals surface area contributed by atoms with Crippen molar-refractivity contribution in [1.82, 2.24) is 4.98 Å². The SMILES string of the molecule is O=S(=O)(CCOCCO)Cc1coc(-c2ccc(F)cc2)n1. The van der Waals surface area contributed by atoms with Crippen molar-refractivity contribution >= 4 is 9.84 Å². The molecule has 1 aromatic heterocycles. The van der Waals surface area contributed by atoms with Gasteiger partial charge in [0.15, 0.2) is 9.84 Å². The zero-order valence-corrected chi connectivity index (χ0v) is 12.6. The highest BCUT2D eigenvalue weighted by Gasteiger charge is 2.16. The van der Waals surface area contributed by atoms with Crippen molar-refractivity contribution in [2.24, 2.45) is 0 Å². The number of hydrogen-bond donors (Lipinski definition) is 1. The van der Waals surface area contributed by atoms with Crippen molar-refractivity contribution in [3.63, 3.8) is 0 Å². The summed E-state index contributed by atoms with van der Waals surface area (Å²) < 4.78 is 46.8. The highest BCUT2D eigenvalue weighted by Crippen LogP contribution is 2.19. The van der Waals surface area contributed by atoms with Gasteiger partial charge in [0.05, 0.1) is 37.0 Å². The Morgan fingerprint density at radius 1 is 1.23 bits per heavy atom. The number of oxazole rings is 1. The zero-order valence-electron chi connectivity index (χ0n) is 11.7. The summed E-state index contributed by atoms with van der Waals surface area (Å²) in [6.45, 7) is -0.0237. The van der Waals surface area contributed by atoms with Gasteiger partial charge in [0, 0.05) is 5.56 Å². The summed E-state index contributed by atoms with van der Waals surface area (Å²) in [5.41, 5.74) is 0.845. The van der Waals surface area contributed by atoms with Crippen LogP contribution in [0.5, 0.6) is 0 Å². The molecule has 1 aromatic carbocycles. The molecule has 0 saturated carbocycles. The van der Waals surface area contributed by atoms with E-state index in [1.165, 1.54) is 30.5 Å². The second kappa shape index (κ2) is 7.48. The molecule has 0 saturated heterocycles. The summed E-state index contributed by atoms with van der Waals surface area (Å²) in [5.74, 6) is -0.561.